The van der Waals surface area contributed by atoms with Gasteiger partial charge in [-0.2, -0.15) is 0 Å². The van der Waals surface area contributed by atoms with E-state index in [-0.39, 0.29) is 29.6 Å². The van der Waals surface area contributed by atoms with Gasteiger partial charge < -0.3 is 21.1 Å². The van der Waals surface area contributed by atoms with Crippen molar-refractivity contribution in [3.63, 3.8) is 0 Å². The van der Waals surface area contributed by atoms with Crippen LogP contribution < -0.4 is 21.1 Å². The molecule has 1 aliphatic rings. The molecule has 7 nitrogen and oxygen atoms in total. The number of nitrogen functional groups attached to an aromatic ring is 1. The van der Waals surface area contributed by atoms with E-state index in [4.69, 9.17) is 33.7 Å². The summed E-state index contributed by atoms with van der Waals surface area (Å²) in [6.07, 6.45) is 2.73. The van der Waals surface area contributed by atoms with E-state index < -0.39 is 11.9 Å². The van der Waals surface area contributed by atoms with Gasteiger partial charge in [0.1, 0.15) is 12.6 Å². The number of halogens is 2. The van der Waals surface area contributed by atoms with Gasteiger partial charge in [-0.1, -0.05) is 29.3 Å². The molecule has 0 saturated carbocycles. The summed E-state index contributed by atoms with van der Waals surface area (Å²) in [6.45, 7) is 0.692. The number of nitrogens with one attached hydrogen (secondary N) is 2. The van der Waals surface area contributed by atoms with E-state index >= 15 is 0 Å². The van der Waals surface area contributed by atoms with Gasteiger partial charge in [0.2, 0.25) is 5.91 Å². The number of pyridine rings is 1. The van der Waals surface area contributed by atoms with Gasteiger partial charge in [0.05, 0.1) is 5.56 Å². The Bertz CT molecular complexity index is 855. The molecule has 1 aromatic carbocycles. The largest absolute Gasteiger partial charge is 0.485 e. The third kappa shape index (κ3) is 4.61. The van der Waals surface area contributed by atoms with Gasteiger partial charge in [-0.15, -0.1) is 0 Å². The first-order valence-corrected chi connectivity index (χ1v) is 9.11. The zero-order valence-electron chi connectivity index (χ0n) is 14.3. The van der Waals surface area contributed by atoms with Crippen LogP contribution in [0.2, 0.25) is 10.0 Å². The molecule has 1 aliphatic heterocycles. The van der Waals surface area contributed by atoms with Crippen molar-refractivity contribution in [1.82, 2.24) is 15.6 Å². The number of nitrogens with zero attached hydrogens (tertiary/aromatic N) is 1. The Hall–Kier alpha value is -2.51. The second kappa shape index (κ2) is 8.45. The first-order valence-electron chi connectivity index (χ1n) is 8.35. The molecule has 0 spiro atoms. The summed E-state index contributed by atoms with van der Waals surface area (Å²) in [6, 6.07) is 6.05. The van der Waals surface area contributed by atoms with Gasteiger partial charge in [0.15, 0.2) is 11.6 Å². The predicted octanol–water partition coefficient (Wildman–Crippen LogP) is 2.56. The highest BCUT2D eigenvalue weighted by Crippen LogP contribution is 2.27. The first kappa shape index (κ1) is 19.3. The van der Waals surface area contributed by atoms with Gasteiger partial charge in [-0.05, 0) is 31.0 Å². The molecule has 142 valence electrons. The third-order valence-corrected chi connectivity index (χ3v) is 4.88. The second-order valence-corrected chi connectivity index (χ2v) is 6.87. The van der Waals surface area contributed by atoms with Gasteiger partial charge in [0, 0.05) is 28.4 Å². The molecule has 2 amide bonds. The maximum Gasteiger partial charge on any atom is 0.253 e. The topological polar surface area (TPSA) is 106 Å². The van der Waals surface area contributed by atoms with Crippen LogP contribution in [0.5, 0.6) is 5.75 Å². The molecular weight excluding hydrogens is 391 g/mol. The lowest BCUT2D eigenvalue weighted by molar-refractivity contribution is -0.124. The van der Waals surface area contributed by atoms with Crippen LogP contribution in [0, 0.1) is 0 Å². The lowest BCUT2D eigenvalue weighted by atomic mass is 10.1. The van der Waals surface area contributed by atoms with Crippen molar-refractivity contribution in [3.8, 4) is 5.75 Å². The second-order valence-electron chi connectivity index (χ2n) is 6.06. The molecule has 3 rings (SSSR count). The van der Waals surface area contributed by atoms with Crippen LogP contribution >= 0.6 is 23.2 Å². The van der Waals surface area contributed by atoms with Crippen LogP contribution in [0.3, 0.4) is 0 Å². The molecule has 1 aromatic heterocycles. The Kier molecular flexibility index (Phi) is 6.03. The van der Waals surface area contributed by atoms with Gasteiger partial charge in [0.25, 0.3) is 5.91 Å². The lowest BCUT2D eigenvalue weighted by Crippen LogP contribution is -2.50. The van der Waals surface area contributed by atoms with Crippen LogP contribution in [-0.4, -0.2) is 29.4 Å². The van der Waals surface area contributed by atoms with Gasteiger partial charge in [-0.25, -0.2) is 4.98 Å². The fourth-order valence-electron chi connectivity index (χ4n) is 2.67. The Balaban J connectivity index is 1.72. The van der Waals surface area contributed by atoms with Crippen molar-refractivity contribution in [3.05, 3.63) is 51.6 Å². The van der Waals surface area contributed by atoms with Crippen molar-refractivity contribution < 1.29 is 14.3 Å². The molecule has 9 heteroatoms. The smallest absolute Gasteiger partial charge is 0.253 e. The monoisotopic (exact) mass is 408 g/mol. The van der Waals surface area contributed by atoms with Crippen molar-refractivity contribution in [2.45, 2.75) is 25.5 Å². The zero-order valence-corrected chi connectivity index (χ0v) is 15.8. The van der Waals surface area contributed by atoms with E-state index in [0.717, 1.165) is 6.42 Å². The average molecular weight is 409 g/mol. The molecule has 2 aromatic rings. The van der Waals surface area contributed by atoms with Crippen LogP contribution in [-0.2, 0) is 11.4 Å². The number of carbonyl (C=O) groups is 2. The number of benzene rings is 1. The fraction of sp³-hybridized carbons (Fsp3) is 0.278. The molecule has 2 heterocycles. The Labute approximate surface area is 166 Å². The van der Waals surface area contributed by atoms with Gasteiger partial charge >= 0.3 is 0 Å². The number of carbonyl (C=O) groups excluding carboxylic acids is 2. The molecule has 0 bridgehead atoms. The van der Waals surface area contributed by atoms with Crippen molar-refractivity contribution in [1.29, 1.82) is 0 Å². The highest BCUT2D eigenvalue weighted by molar-refractivity contribution is 6.35. The number of ether oxygens (including phenoxy) is 1. The minimum absolute atomic E-state index is 0.0699. The van der Waals surface area contributed by atoms with E-state index in [1.165, 1.54) is 12.3 Å². The Morgan fingerprint density at radius 2 is 2.11 bits per heavy atom. The molecule has 0 aliphatic carbocycles. The molecule has 4 N–H and O–H groups in total. The van der Waals surface area contributed by atoms with Crippen LogP contribution in [0.25, 0.3) is 0 Å². The number of piperidine rings is 1. The number of rotatable bonds is 5. The van der Waals surface area contributed by atoms with E-state index in [0.29, 0.717) is 28.6 Å². The SMILES string of the molecule is Nc1ncc(C(=O)NC2CCCNC2=O)cc1OCc1c(Cl)cccc1Cl. The molecular formula is C18H18Cl2N4O3. The highest BCUT2D eigenvalue weighted by Gasteiger charge is 2.24. The molecule has 1 unspecified atom stereocenters. The summed E-state index contributed by atoms with van der Waals surface area (Å²) < 4.78 is 5.67. The molecule has 1 fully saturated rings. The van der Waals surface area contributed by atoms with E-state index in [9.17, 15) is 9.59 Å². The van der Waals surface area contributed by atoms with E-state index in [2.05, 4.69) is 15.6 Å². The van der Waals surface area contributed by atoms with Crippen LogP contribution in [0.1, 0.15) is 28.8 Å². The number of hydrogen-bond donors (Lipinski definition) is 3. The lowest BCUT2D eigenvalue weighted by Gasteiger charge is -2.22. The highest BCUT2D eigenvalue weighted by atomic mass is 35.5. The van der Waals surface area contributed by atoms with Crippen molar-refractivity contribution in [2.24, 2.45) is 0 Å². The predicted molar refractivity (Wildman–Crippen MR) is 103 cm³/mol. The molecule has 1 atom stereocenters. The maximum atomic E-state index is 12.4. The number of anilines is 1. The maximum absolute atomic E-state index is 12.4. The van der Waals surface area contributed by atoms with E-state index in [1.54, 1.807) is 18.2 Å². The van der Waals surface area contributed by atoms with Gasteiger partial charge in [-0.3, -0.25) is 9.59 Å². The van der Waals surface area contributed by atoms with E-state index in [1.807, 2.05) is 0 Å². The Morgan fingerprint density at radius 3 is 2.81 bits per heavy atom. The number of amides is 2. The standard InChI is InChI=1S/C18H18Cl2N4O3/c19-12-3-1-4-13(20)11(12)9-27-15-7-10(8-23-16(15)21)17(25)24-14-5-2-6-22-18(14)26/h1,3-4,7-8,14H,2,5-6,9H2,(H2,21,23)(H,22,26)(H,24,25). The third-order valence-electron chi connectivity index (χ3n) is 4.17. The first-order chi connectivity index (χ1) is 13.0. The summed E-state index contributed by atoms with van der Waals surface area (Å²) in [4.78, 5) is 28.2. The minimum atomic E-state index is -0.560. The van der Waals surface area contributed by atoms with Crippen molar-refractivity contribution >= 4 is 40.8 Å². The number of aromatic nitrogens is 1. The number of hydrogen-bond acceptors (Lipinski definition) is 5. The summed E-state index contributed by atoms with van der Waals surface area (Å²) in [5.41, 5.74) is 6.68. The minimum Gasteiger partial charge on any atom is -0.485 e. The molecule has 27 heavy (non-hydrogen) atoms. The zero-order chi connectivity index (χ0) is 19.4. The normalized spacial score (nSPS) is 16.5. The molecule has 0 radical (unpaired) electrons. The van der Waals surface area contributed by atoms with Crippen molar-refractivity contribution in [2.75, 3.05) is 12.3 Å². The summed E-state index contributed by atoms with van der Waals surface area (Å²) in [7, 11) is 0. The fourth-order valence-corrected chi connectivity index (χ4v) is 3.17. The van der Waals surface area contributed by atoms with Crippen LogP contribution in [0.4, 0.5) is 5.82 Å². The molecule has 1 saturated heterocycles. The Morgan fingerprint density at radius 1 is 1.37 bits per heavy atom. The summed E-state index contributed by atoms with van der Waals surface area (Å²) in [5, 5.41) is 6.34. The van der Waals surface area contributed by atoms with Crippen LogP contribution in [0.15, 0.2) is 30.5 Å². The average Bonchev–Trinajstić information content (AvgIpc) is 2.64. The quantitative estimate of drug-likeness (QED) is 0.704. The number of nitrogens with two attached hydrogens (primary N) is 1. The summed E-state index contributed by atoms with van der Waals surface area (Å²) in [5.74, 6) is -0.259. The summed E-state index contributed by atoms with van der Waals surface area (Å²) >= 11 is 12.3.